The summed E-state index contributed by atoms with van der Waals surface area (Å²) in [5.74, 6) is 1.01. The lowest BCUT2D eigenvalue weighted by molar-refractivity contribution is 0.0923. The summed E-state index contributed by atoms with van der Waals surface area (Å²) in [4.78, 5) is 12.8. The molecule has 2 aliphatic rings. The molecule has 1 amide bonds. The number of carbonyl (C=O) groups is 1. The number of nitrogens with one attached hydrogen (secondary N) is 1. The van der Waals surface area contributed by atoms with Gasteiger partial charge in [-0.15, -0.1) is 0 Å². The molecule has 0 bridgehead atoms. The van der Waals surface area contributed by atoms with Crippen LogP contribution in [0.4, 0.5) is 4.39 Å². The highest BCUT2D eigenvalue weighted by atomic mass is 19.1. The Labute approximate surface area is 144 Å². The minimum atomic E-state index is -0.350. The highest BCUT2D eigenvalue weighted by Gasteiger charge is 2.26. The molecule has 0 aliphatic carbocycles. The van der Waals surface area contributed by atoms with Gasteiger partial charge in [0.05, 0.1) is 18.2 Å². The molecule has 0 spiro atoms. The Bertz CT molecular complexity index is 808. The molecule has 1 atom stereocenters. The summed E-state index contributed by atoms with van der Waals surface area (Å²) < 4.78 is 30.5. The van der Waals surface area contributed by atoms with Gasteiger partial charge in [-0.25, -0.2) is 4.39 Å². The Morgan fingerprint density at radius 1 is 1.04 bits per heavy atom. The standard InChI is InChI=1S/C19H18FNO4/c20-12-6-7-16-14(11-12)15(4-2-8-23-16)21-19(22)13-3-1-5-17-18(13)25-10-9-24-17/h1,3,5-7,11,15H,2,4,8-10H2,(H,21,22)/t15-/m1/s1. The van der Waals surface area contributed by atoms with Crippen LogP contribution in [-0.4, -0.2) is 25.7 Å². The number of para-hydroxylation sites is 1. The Hall–Kier alpha value is -2.76. The summed E-state index contributed by atoms with van der Waals surface area (Å²) in [5, 5.41) is 2.99. The van der Waals surface area contributed by atoms with E-state index in [1.165, 1.54) is 12.1 Å². The predicted octanol–water partition coefficient (Wildman–Crippen LogP) is 3.24. The minimum absolute atomic E-state index is 0.274. The molecule has 0 saturated carbocycles. The minimum Gasteiger partial charge on any atom is -0.493 e. The van der Waals surface area contributed by atoms with Crippen molar-refractivity contribution >= 4 is 5.91 Å². The summed E-state index contributed by atoms with van der Waals surface area (Å²) in [7, 11) is 0. The van der Waals surface area contributed by atoms with Gasteiger partial charge in [0, 0.05) is 5.56 Å². The third kappa shape index (κ3) is 3.12. The van der Waals surface area contributed by atoms with Crippen molar-refractivity contribution in [2.24, 2.45) is 0 Å². The molecule has 2 heterocycles. The van der Waals surface area contributed by atoms with Crippen LogP contribution in [0.25, 0.3) is 0 Å². The van der Waals surface area contributed by atoms with Gasteiger partial charge in [-0.3, -0.25) is 4.79 Å². The summed E-state index contributed by atoms with van der Waals surface area (Å²) in [5.41, 5.74) is 1.08. The Morgan fingerprint density at radius 3 is 2.80 bits per heavy atom. The fraction of sp³-hybridized carbons (Fsp3) is 0.316. The molecule has 1 N–H and O–H groups in total. The molecule has 130 valence electrons. The van der Waals surface area contributed by atoms with Crippen LogP contribution in [0.15, 0.2) is 36.4 Å². The lowest BCUT2D eigenvalue weighted by Gasteiger charge is -2.22. The van der Waals surface area contributed by atoms with Crippen LogP contribution in [0.2, 0.25) is 0 Å². The van der Waals surface area contributed by atoms with Crippen molar-refractivity contribution in [3.8, 4) is 17.2 Å². The first kappa shape index (κ1) is 15.7. The van der Waals surface area contributed by atoms with Crippen LogP contribution in [0.3, 0.4) is 0 Å². The fourth-order valence-electron chi connectivity index (χ4n) is 3.19. The van der Waals surface area contributed by atoms with Gasteiger partial charge in [0.15, 0.2) is 11.5 Å². The van der Waals surface area contributed by atoms with Gasteiger partial charge in [-0.1, -0.05) is 6.07 Å². The van der Waals surface area contributed by atoms with E-state index in [1.54, 1.807) is 24.3 Å². The van der Waals surface area contributed by atoms with Gasteiger partial charge >= 0.3 is 0 Å². The number of carbonyl (C=O) groups excluding carboxylic acids is 1. The van der Waals surface area contributed by atoms with Gasteiger partial charge in [-0.05, 0) is 43.2 Å². The first-order valence-electron chi connectivity index (χ1n) is 8.34. The van der Waals surface area contributed by atoms with Gasteiger partial charge < -0.3 is 19.5 Å². The van der Waals surface area contributed by atoms with E-state index in [-0.39, 0.29) is 17.8 Å². The number of ether oxygens (including phenoxy) is 3. The maximum atomic E-state index is 13.7. The second-order valence-corrected chi connectivity index (χ2v) is 6.03. The molecule has 2 aromatic carbocycles. The SMILES string of the molecule is O=C(N[C@@H]1CCCOc2ccc(F)cc21)c1cccc2c1OCCO2. The Morgan fingerprint density at radius 2 is 1.88 bits per heavy atom. The third-order valence-electron chi connectivity index (χ3n) is 4.36. The number of amides is 1. The van der Waals surface area contributed by atoms with Crippen LogP contribution in [0.5, 0.6) is 17.2 Å². The van der Waals surface area contributed by atoms with Crippen molar-refractivity contribution in [1.29, 1.82) is 0 Å². The van der Waals surface area contributed by atoms with E-state index < -0.39 is 0 Å². The molecule has 4 rings (SSSR count). The van der Waals surface area contributed by atoms with E-state index in [0.29, 0.717) is 54.6 Å². The molecule has 2 aliphatic heterocycles. The number of hydrogen-bond donors (Lipinski definition) is 1. The normalized spacial score (nSPS) is 18.5. The van der Waals surface area contributed by atoms with E-state index in [1.807, 2.05) is 0 Å². The van der Waals surface area contributed by atoms with Crippen LogP contribution in [-0.2, 0) is 0 Å². The second kappa shape index (κ2) is 6.63. The van der Waals surface area contributed by atoms with Crippen molar-refractivity contribution < 1.29 is 23.4 Å². The zero-order chi connectivity index (χ0) is 17.2. The smallest absolute Gasteiger partial charge is 0.255 e. The fourth-order valence-corrected chi connectivity index (χ4v) is 3.19. The van der Waals surface area contributed by atoms with Crippen LogP contribution < -0.4 is 19.5 Å². The number of benzene rings is 2. The van der Waals surface area contributed by atoms with Crippen molar-refractivity contribution in [2.45, 2.75) is 18.9 Å². The highest BCUT2D eigenvalue weighted by Crippen LogP contribution is 2.35. The molecular weight excluding hydrogens is 325 g/mol. The molecule has 2 aromatic rings. The van der Waals surface area contributed by atoms with E-state index in [2.05, 4.69) is 5.32 Å². The maximum Gasteiger partial charge on any atom is 0.255 e. The lowest BCUT2D eigenvalue weighted by atomic mass is 10.0. The van der Waals surface area contributed by atoms with Gasteiger partial charge in [0.2, 0.25) is 0 Å². The van der Waals surface area contributed by atoms with E-state index >= 15 is 0 Å². The molecule has 0 aromatic heterocycles. The number of halogens is 1. The van der Waals surface area contributed by atoms with E-state index in [0.717, 1.165) is 6.42 Å². The van der Waals surface area contributed by atoms with Crippen molar-refractivity contribution in [2.75, 3.05) is 19.8 Å². The first-order valence-corrected chi connectivity index (χ1v) is 8.34. The highest BCUT2D eigenvalue weighted by molar-refractivity contribution is 5.98. The lowest BCUT2D eigenvalue weighted by Crippen LogP contribution is -2.29. The van der Waals surface area contributed by atoms with Crippen molar-refractivity contribution in [3.63, 3.8) is 0 Å². The molecule has 25 heavy (non-hydrogen) atoms. The van der Waals surface area contributed by atoms with E-state index in [9.17, 15) is 9.18 Å². The molecule has 0 radical (unpaired) electrons. The third-order valence-corrected chi connectivity index (χ3v) is 4.36. The van der Waals surface area contributed by atoms with Crippen molar-refractivity contribution in [3.05, 3.63) is 53.3 Å². The van der Waals surface area contributed by atoms with Gasteiger partial charge in [-0.2, -0.15) is 0 Å². The van der Waals surface area contributed by atoms with Crippen LogP contribution in [0, 0.1) is 5.82 Å². The second-order valence-electron chi connectivity index (χ2n) is 6.03. The average Bonchev–Trinajstić information content (AvgIpc) is 2.83. The molecule has 0 unspecified atom stereocenters. The van der Waals surface area contributed by atoms with Gasteiger partial charge in [0.25, 0.3) is 5.91 Å². The summed E-state index contributed by atoms with van der Waals surface area (Å²) >= 11 is 0. The van der Waals surface area contributed by atoms with Gasteiger partial charge in [0.1, 0.15) is 24.8 Å². The first-order chi connectivity index (χ1) is 12.2. The van der Waals surface area contributed by atoms with Crippen molar-refractivity contribution in [1.82, 2.24) is 5.32 Å². The molecule has 5 nitrogen and oxygen atoms in total. The Balaban J connectivity index is 1.62. The summed E-state index contributed by atoms with van der Waals surface area (Å²) in [6.07, 6.45) is 1.45. The number of hydrogen-bond acceptors (Lipinski definition) is 4. The molecule has 6 heteroatoms. The quantitative estimate of drug-likeness (QED) is 0.909. The summed E-state index contributed by atoms with van der Waals surface area (Å²) in [6.45, 7) is 1.41. The molecule has 0 saturated heterocycles. The van der Waals surface area contributed by atoms with Crippen LogP contribution >= 0.6 is 0 Å². The largest absolute Gasteiger partial charge is 0.493 e. The number of fused-ring (bicyclic) bond motifs is 2. The van der Waals surface area contributed by atoms with Crippen LogP contribution in [0.1, 0.15) is 34.8 Å². The zero-order valence-electron chi connectivity index (χ0n) is 13.6. The molecular formula is C19H18FNO4. The monoisotopic (exact) mass is 343 g/mol. The zero-order valence-corrected chi connectivity index (χ0v) is 13.6. The predicted molar refractivity (Wildman–Crippen MR) is 88.8 cm³/mol. The topological polar surface area (TPSA) is 56.8 Å². The molecule has 0 fully saturated rings. The summed E-state index contributed by atoms with van der Waals surface area (Å²) in [6, 6.07) is 9.30. The average molecular weight is 343 g/mol. The van der Waals surface area contributed by atoms with E-state index in [4.69, 9.17) is 14.2 Å². The maximum absolute atomic E-state index is 13.7. The Kier molecular flexibility index (Phi) is 4.17. The number of rotatable bonds is 2.